The zero-order chi connectivity index (χ0) is 16.4. The monoisotopic (exact) mass is 323 g/mol. The minimum absolute atomic E-state index is 0.105. The number of benzene rings is 1. The number of ether oxygens (including phenoxy) is 1. The van der Waals surface area contributed by atoms with E-state index in [1.54, 1.807) is 12.1 Å². The van der Waals surface area contributed by atoms with Crippen LogP contribution in [0.1, 0.15) is 12.0 Å². The van der Waals surface area contributed by atoms with Crippen LogP contribution in [0.4, 0.5) is 5.69 Å². The summed E-state index contributed by atoms with van der Waals surface area (Å²) in [5.74, 6) is 0. The summed E-state index contributed by atoms with van der Waals surface area (Å²) in [5, 5.41) is 8.04. The van der Waals surface area contributed by atoms with Gasteiger partial charge in [0.2, 0.25) is 4.93 Å². The molecule has 1 aromatic carbocycles. The van der Waals surface area contributed by atoms with Crippen LogP contribution in [0.25, 0.3) is 0 Å². The molecule has 7 nitrogen and oxygen atoms in total. The van der Waals surface area contributed by atoms with Crippen LogP contribution < -0.4 is 5.73 Å². The number of rotatable bonds is 4. The Morgan fingerprint density at radius 3 is 2.41 bits per heavy atom. The highest BCUT2D eigenvalue weighted by molar-refractivity contribution is 7.87. The van der Waals surface area contributed by atoms with Crippen LogP contribution in [0.3, 0.4) is 0 Å². The molecule has 0 heterocycles. The Labute approximate surface area is 128 Å². The van der Waals surface area contributed by atoms with Gasteiger partial charge in [-0.3, -0.25) is 4.55 Å². The zero-order valence-electron chi connectivity index (χ0n) is 12.2. The van der Waals surface area contributed by atoms with Crippen LogP contribution in [-0.2, 0) is 14.9 Å². The first-order valence-corrected chi connectivity index (χ1v) is 7.90. The van der Waals surface area contributed by atoms with Gasteiger partial charge in [-0.1, -0.05) is 17.7 Å². The molecular weight excluding hydrogens is 306 g/mol. The molecule has 0 saturated carbocycles. The van der Waals surface area contributed by atoms with Crippen LogP contribution in [0.5, 0.6) is 0 Å². The molecule has 1 aromatic rings. The zero-order valence-corrected chi connectivity index (χ0v) is 13.0. The minimum atomic E-state index is -4.57. The van der Waals surface area contributed by atoms with Crippen molar-refractivity contribution in [3.8, 4) is 0 Å². The molecule has 1 unspecified atom stereocenters. The van der Waals surface area contributed by atoms with E-state index in [4.69, 9.17) is 10.5 Å². The van der Waals surface area contributed by atoms with Gasteiger partial charge in [-0.05, 0) is 31.2 Å². The Bertz CT molecular complexity index is 751. The summed E-state index contributed by atoms with van der Waals surface area (Å²) < 4.78 is 37.6. The number of hydrogen-bond donors (Lipinski definition) is 2. The highest BCUT2D eigenvalue weighted by Crippen LogP contribution is 2.35. The van der Waals surface area contributed by atoms with Gasteiger partial charge in [0.05, 0.1) is 17.1 Å². The lowest BCUT2D eigenvalue weighted by Gasteiger charge is -2.31. The first kappa shape index (κ1) is 16.3. The second kappa shape index (κ2) is 5.99. The van der Waals surface area contributed by atoms with E-state index in [0.29, 0.717) is 11.4 Å². The molecule has 22 heavy (non-hydrogen) atoms. The Morgan fingerprint density at radius 2 is 1.86 bits per heavy atom. The highest BCUT2D eigenvalue weighted by Gasteiger charge is 2.48. The summed E-state index contributed by atoms with van der Waals surface area (Å²) in [5.41, 5.74) is 7.62. The second-order valence-corrected chi connectivity index (χ2v) is 6.53. The van der Waals surface area contributed by atoms with Crippen molar-refractivity contribution in [3.63, 3.8) is 0 Å². The third kappa shape index (κ3) is 3.08. The maximum atomic E-state index is 11.6. The van der Waals surface area contributed by atoms with Gasteiger partial charge < -0.3 is 10.5 Å². The molecule has 2 rings (SSSR count). The fraction of sp³-hybridized carbons (Fsp3) is 0.286. The standard InChI is InChI=1S/C14H17N3O4S/c1-10-3-5-11(6-4-10)16-17-12-7-8-13(15)14(9-12,21-2)22(18,19)20/h3-8H,9,15H2,1-2H3,(H,18,19,20)/b17-16+. The molecule has 0 amide bonds. The van der Waals surface area contributed by atoms with Crippen LogP contribution >= 0.6 is 0 Å². The molecule has 1 atom stereocenters. The summed E-state index contributed by atoms with van der Waals surface area (Å²) in [6.07, 6.45) is 2.65. The molecule has 1 aliphatic rings. The molecule has 0 aliphatic heterocycles. The van der Waals surface area contributed by atoms with Gasteiger partial charge in [-0.2, -0.15) is 18.6 Å². The van der Waals surface area contributed by atoms with Crippen LogP contribution in [0, 0.1) is 6.92 Å². The molecule has 1 aliphatic carbocycles. The number of allylic oxidation sites excluding steroid dienone is 2. The van der Waals surface area contributed by atoms with E-state index in [9.17, 15) is 13.0 Å². The summed E-state index contributed by atoms with van der Waals surface area (Å²) in [7, 11) is -3.41. The van der Waals surface area contributed by atoms with E-state index >= 15 is 0 Å². The van der Waals surface area contributed by atoms with Crippen molar-refractivity contribution >= 4 is 15.8 Å². The van der Waals surface area contributed by atoms with Gasteiger partial charge in [0.15, 0.2) is 0 Å². The van der Waals surface area contributed by atoms with Crippen molar-refractivity contribution in [2.45, 2.75) is 18.3 Å². The largest absolute Gasteiger partial charge is 0.399 e. The molecule has 8 heteroatoms. The van der Waals surface area contributed by atoms with Crippen LogP contribution in [0.2, 0.25) is 0 Å². The van der Waals surface area contributed by atoms with Gasteiger partial charge in [0.25, 0.3) is 0 Å². The van der Waals surface area contributed by atoms with E-state index in [1.807, 2.05) is 19.1 Å². The number of methoxy groups -OCH3 is 1. The summed E-state index contributed by atoms with van der Waals surface area (Å²) in [4.78, 5) is -2.02. The quantitative estimate of drug-likeness (QED) is 0.652. The van der Waals surface area contributed by atoms with Crippen molar-refractivity contribution in [3.05, 3.63) is 53.4 Å². The van der Waals surface area contributed by atoms with E-state index in [0.717, 1.165) is 12.7 Å². The Balaban J connectivity index is 2.29. The minimum Gasteiger partial charge on any atom is -0.399 e. The van der Waals surface area contributed by atoms with E-state index in [2.05, 4.69) is 10.2 Å². The first-order chi connectivity index (χ1) is 10.3. The lowest BCUT2D eigenvalue weighted by Crippen LogP contribution is -2.46. The molecular formula is C14H17N3O4S. The normalized spacial score (nSPS) is 22.5. The average molecular weight is 323 g/mol. The fourth-order valence-corrected chi connectivity index (χ4v) is 2.96. The second-order valence-electron chi connectivity index (χ2n) is 4.92. The SMILES string of the molecule is COC1(S(=O)(=O)O)CC(/N=N/c2ccc(C)cc2)=CC=C1N. The van der Waals surface area contributed by atoms with Crippen molar-refractivity contribution in [2.24, 2.45) is 16.0 Å². The maximum absolute atomic E-state index is 11.6. The van der Waals surface area contributed by atoms with Crippen molar-refractivity contribution in [1.29, 1.82) is 0 Å². The molecule has 0 fully saturated rings. The van der Waals surface area contributed by atoms with Crippen molar-refractivity contribution in [2.75, 3.05) is 7.11 Å². The number of nitrogens with two attached hydrogens (primary N) is 1. The van der Waals surface area contributed by atoms with Gasteiger partial charge >= 0.3 is 10.1 Å². The molecule has 0 saturated heterocycles. The maximum Gasteiger partial charge on any atom is 0.301 e. The predicted octanol–water partition coefficient (Wildman–Crippen LogP) is 2.44. The highest BCUT2D eigenvalue weighted by atomic mass is 32.2. The third-order valence-electron chi connectivity index (χ3n) is 3.38. The number of hydrogen-bond acceptors (Lipinski definition) is 6. The van der Waals surface area contributed by atoms with Gasteiger partial charge in [-0.15, -0.1) is 0 Å². The van der Waals surface area contributed by atoms with E-state index < -0.39 is 15.1 Å². The van der Waals surface area contributed by atoms with Gasteiger partial charge in [0.1, 0.15) is 0 Å². The van der Waals surface area contributed by atoms with Crippen molar-refractivity contribution < 1.29 is 17.7 Å². The Morgan fingerprint density at radius 1 is 1.23 bits per heavy atom. The number of azo groups is 1. The smallest absolute Gasteiger partial charge is 0.301 e. The molecule has 0 aromatic heterocycles. The summed E-state index contributed by atoms with van der Waals surface area (Å²) >= 11 is 0. The number of aryl methyl sites for hydroxylation is 1. The molecule has 118 valence electrons. The third-order valence-corrected chi connectivity index (χ3v) is 4.76. The van der Waals surface area contributed by atoms with Crippen LogP contribution in [-0.4, -0.2) is 25.0 Å². The molecule has 0 bridgehead atoms. The topological polar surface area (TPSA) is 114 Å². The number of nitrogens with zero attached hydrogens (tertiary/aromatic N) is 2. The van der Waals surface area contributed by atoms with Crippen molar-refractivity contribution in [1.82, 2.24) is 0 Å². The lowest BCUT2D eigenvalue weighted by molar-refractivity contribution is 0.0805. The average Bonchev–Trinajstić information content (AvgIpc) is 2.47. The first-order valence-electron chi connectivity index (χ1n) is 6.46. The van der Waals surface area contributed by atoms with Gasteiger partial charge in [-0.25, -0.2) is 0 Å². The summed E-state index contributed by atoms with van der Waals surface area (Å²) in [6, 6.07) is 7.36. The molecule has 0 radical (unpaired) electrons. The molecule has 3 N–H and O–H groups in total. The van der Waals surface area contributed by atoms with E-state index in [-0.39, 0.29) is 12.1 Å². The lowest BCUT2D eigenvalue weighted by atomic mass is 10.0. The predicted molar refractivity (Wildman–Crippen MR) is 82.0 cm³/mol. The summed E-state index contributed by atoms with van der Waals surface area (Å²) in [6.45, 7) is 1.96. The van der Waals surface area contributed by atoms with E-state index in [1.165, 1.54) is 12.2 Å². The van der Waals surface area contributed by atoms with Crippen LogP contribution in [0.15, 0.2) is 58.0 Å². The molecule has 0 spiro atoms. The Kier molecular flexibility index (Phi) is 4.45. The van der Waals surface area contributed by atoms with Gasteiger partial charge in [0, 0.05) is 13.5 Å². The Hall–Kier alpha value is -2.03. The fourth-order valence-electron chi connectivity index (χ4n) is 2.05.